The summed E-state index contributed by atoms with van der Waals surface area (Å²) in [7, 11) is 0. The molecule has 1 N–H and O–H groups in total. The lowest BCUT2D eigenvalue weighted by Crippen LogP contribution is -2.54. The van der Waals surface area contributed by atoms with Crippen LogP contribution in [0.2, 0.25) is 0 Å². The number of carbonyl (C=O) groups excluding carboxylic acids is 1. The summed E-state index contributed by atoms with van der Waals surface area (Å²) < 4.78 is 0. The fourth-order valence-electron chi connectivity index (χ4n) is 2.46. The van der Waals surface area contributed by atoms with Gasteiger partial charge in [0.25, 0.3) is 0 Å². The molecule has 0 aliphatic carbocycles. The van der Waals surface area contributed by atoms with E-state index in [1.807, 2.05) is 13.8 Å². The van der Waals surface area contributed by atoms with Gasteiger partial charge in [0.15, 0.2) is 0 Å². The van der Waals surface area contributed by atoms with Crippen molar-refractivity contribution in [2.24, 2.45) is 5.29 Å². The van der Waals surface area contributed by atoms with Crippen molar-refractivity contribution in [2.75, 3.05) is 12.4 Å². The fourth-order valence-corrected chi connectivity index (χ4v) is 2.62. The van der Waals surface area contributed by atoms with E-state index in [0.29, 0.717) is 6.42 Å². The highest BCUT2D eigenvalue weighted by Crippen LogP contribution is 2.39. The number of hydrogen-bond acceptors (Lipinski definition) is 5. The van der Waals surface area contributed by atoms with Crippen LogP contribution in [0.25, 0.3) is 0 Å². The van der Waals surface area contributed by atoms with Gasteiger partial charge in [-0.05, 0) is 34.1 Å². The Morgan fingerprint density at radius 1 is 1.53 bits per heavy atom. The summed E-state index contributed by atoms with van der Waals surface area (Å²) in [6.07, 6.45) is 0.503. The number of nitrogens with zero attached hydrogens (tertiary/aromatic N) is 3. The number of hydrogen-bond donors (Lipinski definition) is 1. The van der Waals surface area contributed by atoms with Gasteiger partial charge in [-0.15, -0.1) is 16.5 Å². The summed E-state index contributed by atoms with van der Waals surface area (Å²) in [5.41, 5.74) is -1.30. The van der Waals surface area contributed by atoms with E-state index in [-0.39, 0.29) is 18.5 Å². The zero-order valence-electron chi connectivity index (χ0n) is 11.6. The predicted octanol–water partition coefficient (Wildman–Crippen LogP) is 2.05. The van der Waals surface area contributed by atoms with Crippen LogP contribution < -0.4 is 5.32 Å². The number of nitroso groups, excluding NO2 is 1. The monoisotopic (exact) mass is 291 g/mol. The Labute approximate surface area is 117 Å². The number of carbonyl (C=O) groups is 1. The topological polar surface area (TPSA) is 88.1 Å². The molecule has 1 aliphatic rings. The second kappa shape index (κ2) is 5.60. The Hall–Kier alpha value is -0.920. The van der Waals surface area contributed by atoms with E-state index >= 15 is 0 Å². The van der Waals surface area contributed by atoms with Crippen LogP contribution >= 0.6 is 11.6 Å². The van der Waals surface area contributed by atoms with E-state index in [1.165, 1.54) is 0 Å². The van der Waals surface area contributed by atoms with Crippen LogP contribution in [0.3, 0.4) is 0 Å². The van der Waals surface area contributed by atoms with Crippen molar-refractivity contribution in [3.05, 3.63) is 10.1 Å². The van der Waals surface area contributed by atoms with Gasteiger partial charge in [-0.2, -0.15) is 5.01 Å². The van der Waals surface area contributed by atoms with E-state index < -0.39 is 17.1 Å². The molecule has 0 aromatic rings. The normalized spacial score (nSPS) is 25.1. The zero-order valence-corrected chi connectivity index (χ0v) is 12.4. The van der Waals surface area contributed by atoms with E-state index in [9.17, 15) is 14.9 Å². The SMILES string of the molecule is CC1(C)CC(NC(=O)N(CCCl)N=O)C(C)(C)N1[O-]. The molecule has 0 spiro atoms. The van der Waals surface area contributed by atoms with Crippen molar-refractivity contribution in [1.82, 2.24) is 15.4 Å². The quantitative estimate of drug-likeness (QED) is 0.488. The second-order valence-corrected chi connectivity index (χ2v) is 6.24. The number of halogens is 1. The third kappa shape index (κ3) is 3.16. The maximum Gasteiger partial charge on any atom is 0.340 e. The van der Waals surface area contributed by atoms with Gasteiger partial charge in [-0.1, -0.05) is 0 Å². The highest BCUT2D eigenvalue weighted by Gasteiger charge is 2.47. The molecule has 1 aliphatic heterocycles. The van der Waals surface area contributed by atoms with Gasteiger partial charge in [-0.3, -0.25) is 0 Å². The summed E-state index contributed by atoms with van der Waals surface area (Å²) in [6.45, 7) is 7.21. The molecule has 1 saturated heterocycles. The second-order valence-electron chi connectivity index (χ2n) is 5.86. The number of urea groups is 1. The minimum Gasteiger partial charge on any atom is -0.784 e. The van der Waals surface area contributed by atoms with Crippen molar-refractivity contribution in [1.29, 1.82) is 0 Å². The van der Waals surface area contributed by atoms with E-state index in [2.05, 4.69) is 10.6 Å². The largest absolute Gasteiger partial charge is 0.784 e. The number of rotatable bonds is 4. The highest BCUT2D eigenvalue weighted by molar-refractivity contribution is 6.18. The predicted molar refractivity (Wildman–Crippen MR) is 73.5 cm³/mol. The molecular formula is C11H20ClN4O3-. The standard InChI is InChI=1S/C11H20ClN4O3/c1-10(2)7-8(11(3,4)16(10)19)13-9(17)15(14-18)6-5-12/h8H,5-7H2,1-4H3,(H,13,17)/q-1. The summed E-state index contributed by atoms with van der Waals surface area (Å²) in [6, 6.07) is -0.980. The molecule has 1 rings (SSSR count). The third-order valence-corrected chi connectivity index (χ3v) is 3.73. The van der Waals surface area contributed by atoms with Crippen LogP contribution in [-0.4, -0.2) is 45.6 Å². The van der Waals surface area contributed by atoms with Crippen LogP contribution in [-0.2, 0) is 0 Å². The highest BCUT2D eigenvalue weighted by atomic mass is 35.5. The molecule has 8 heteroatoms. The Morgan fingerprint density at radius 3 is 2.47 bits per heavy atom. The van der Waals surface area contributed by atoms with Crippen molar-refractivity contribution in [2.45, 2.75) is 51.2 Å². The van der Waals surface area contributed by atoms with E-state index in [4.69, 9.17) is 11.6 Å². The minimum atomic E-state index is -0.741. The molecule has 0 aromatic heterocycles. The minimum absolute atomic E-state index is 0.0362. The first-order valence-corrected chi connectivity index (χ1v) is 6.65. The molecule has 1 heterocycles. The molecule has 0 bridgehead atoms. The Balaban J connectivity index is 2.77. The molecule has 1 fully saturated rings. The Kier molecular flexibility index (Phi) is 4.76. The number of amides is 2. The first-order valence-electron chi connectivity index (χ1n) is 6.11. The van der Waals surface area contributed by atoms with Crippen LogP contribution in [0.4, 0.5) is 4.79 Å². The number of alkyl halides is 1. The molecule has 19 heavy (non-hydrogen) atoms. The zero-order chi connectivity index (χ0) is 14.8. The van der Waals surface area contributed by atoms with Gasteiger partial charge < -0.3 is 15.6 Å². The average Bonchev–Trinajstić information content (AvgIpc) is 2.47. The third-order valence-electron chi connectivity index (χ3n) is 3.56. The summed E-state index contributed by atoms with van der Waals surface area (Å²) in [5.74, 6) is 0.117. The summed E-state index contributed by atoms with van der Waals surface area (Å²) in [5, 5.41) is 19.2. The van der Waals surface area contributed by atoms with Gasteiger partial charge in [-0.25, -0.2) is 4.79 Å². The molecule has 0 saturated carbocycles. The van der Waals surface area contributed by atoms with Crippen molar-refractivity contribution in [3.8, 4) is 0 Å². The van der Waals surface area contributed by atoms with Gasteiger partial charge in [0.05, 0.1) is 11.8 Å². The molecule has 0 aromatic carbocycles. The molecule has 2 amide bonds. The first kappa shape index (κ1) is 16.1. The van der Waals surface area contributed by atoms with E-state index in [1.54, 1.807) is 13.8 Å². The van der Waals surface area contributed by atoms with Crippen molar-refractivity contribution >= 4 is 17.6 Å². The van der Waals surface area contributed by atoms with Gasteiger partial charge in [0, 0.05) is 23.0 Å². The smallest absolute Gasteiger partial charge is 0.340 e. The summed E-state index contributed by atoms with van der Waals surface area (Å²) >= 11 is 5.48. The van der Waals surface area contributed by atoms with E-state index in [0.717, 1.165) is 10.1 Å². The van der Waals surface area contributed by atoms with Crippen molar-refractivity contribution < 1.29 is 4.79 Å². The maximum absolute atomic E-state index is 12.2. The Morgan fingerprint density at radius 2 is 2.11 bits per heavy atom. The Bertz CT molecular complexity index is 362. The van der Waals surface area contributed by atoms with Gasteiger partial charge >= 0.3 is 6.03 Å². The average molecular weight is 292 g/mol. The van der Waals surface area contributed by atoms with Crippen LogP contribution in [0.1, 0.15) is 34.1 Å². The van der Waals surface area contributed by atoms with Gasteiger partial charge in [0.2, 0.25) is 0 Å². The number of nitrogens with one attached hydrogen (secondary N) is 1. The van der Waals surface area contributed by atoms with Crippen molar-refractivity contribution in [3.63, 3.8) is 0 Å². The lowest BCUT2D eigenvalue weighted by atomic mass is 9.94. The van der Waals surface area contributed by atoms with Crippen LogP contribution in [0.5, 0.6) is 0 Å². The maximum atomic E-state index is 12.2. The molecule has 110 valence electrons. The van der Waals surface area contributed by atoms with Gasteiger partial charge in [0.1, 0.15) is 0 Å². The molecule has 7 nitrogen and oxygen atoms in total. The fraction of sp³-hybridized carbons (Fsp3) is 0.909. The lowest BCUT2D eigenvalue weighted by molar-refractivity contribution is 0.132. The molecule has 1 unspecified atom stereocenters. The molecule has 1 atom stereocenters. The molecule has 0 radical (unpaired) electrons. The first-order chi connectivity index (χ1) is 8.66. The lowest BCUT2D eigenvalue weighted by Gasteiger charge is -2.47. The molecular weight excluding hydrogens is 272 g/mol. The number of hydroxylamine groups is 2. The van der Waals surface area contributed by atoms with Crippen LogP contribution in [0, 0.1) is 10.1 Å². The van der Waals surface area contributed by atoms with Crippen LogP contribution in [0.15, 0.2) is 5.29 Å². The summed E-state index contributed by atoms with van der Waals surface area (Å²) in [4.78, 5) is 22.4.